The zero-order valence-electron chi connectivity index (χ0n) is 11.5. The van der Waals surface area contributed by atoms with Gasteiger partial charge >= 0.3 is 6.18 Å². The van der Waals surface area contributed by atoms with E-state index in [1.165, 1.54) is 12.1 Å². The second-order valence-electron chi connectivity index (χ2n) is 5.28. The highest BCUT2D eigenvalue weighted by Crippen LogP contribution is 2.46. The molecule has 1 aromatic rings. The fourth-order valence-corrected chi connectivity index (χ4v) is 2.33. The predicted molar refractivity (Wildman–Crippen MR) is 76.2 cm³/mol. The van der Waals surface area contributed by atoms with E-state index in [9.17, 15) is 18.0 Å². The lowest BCUT2D eigenvalue weighted by molar-refractivity contribution is -0.138. The first-order valence-electron chi connectivity index (χ1n) is 6.50. The molecule has 0 saturated heterocycles. The number of rotatable bonds is 4. The molecule has 0 heterocycles. The molecule has 3 atom stereocenters. The van der Waals surface area contributed by atoms with Crippen LogP contribution in [0.5, 0.6) is 0 Å². The van der Waals surface area contributed by atoms with Crippen LogP contribution >= 0.6 is 12.4 Å². The van der Waals surface area contributed by atoms with Crippen LogP contribution in [0.25, 0.3) is 0 Å². The number of nitrogens with two attached hydrogens (primary N) is 1. The van der Waals surface area contributed by atoms with Crippen LogP contribution in [0.15, 0.2) is 24.3 Å². The Kier molecular flexibility index (Phi) is 5.64. The molecule has 0 aromatic heterocycles. The Morgan fingerprint density at radius 1 is 1.43 bits per heavy atom. The van der Waals surface area contributed by atoms with E-state index >= 15 is 0 Å². The molecule has 0 spiro atoms. The fraction of sp³-hybridized carbons (Fsp3) is 0.500. The van der Waals surface area contributed by atoms with Gasteiger partial charge in [0.15, 0.2) is 0 Å². The first kappa shape index (κ1) is 17.8. The number of amides is 1. The third-order valence-electron chi connectivity index (χ3n) is 3.31. The maximum absolute atomic E-state index is 12.9. The molecule has 2 rings (SSSR count). The first-order chi connectivity index (χ1) is 9.29. The van der Waals surface area contributed by atoms with Gasteiger partial charge in [-0.3, -0.25) is 4.79 Å². The largest absolute Gasteiger partial charge is 0.416 e. The lowest BCUT2D eigenvalue weighted by atomic mass is 10.0. The van der Waals surface area contributed by atoms with Crippen LogP contribution in [-0.4, -0.2) is 18.0 Å². The van der Waals surface area contributed by atoms with Crippen LogP contribution in [0, 0.1) is 0 Å². The molecule has 7 heteroatoms. The van der Waals surface area contributed by atoms with Crippen LogP contribution in [0.4, 0.5) is 13.2 Å². The van der Waals surface area contributed by atoms with Crippen molar-refractivity contribution in [3.05, 3.63) is 35.4 Å². The standard InChI is InChI=1S/C14H17F3N2O.ClH/c1-8(18)6-13(20)19-12-7-10(12)9-4-2-3-5-11(9)14(15,16)17;/h2-5,8,10,12H,6-7,18H2,1H3,(H,19,20);1H. The van der Waals surface area contributed by atoms with Crippen molar-refractivity contribution in [2.45, 2.75) is 43.9 Å². The van der Waals surface area contributed by atoms with Crippen molar-refractivity contribution in [2.75, 3.05) is 0 Å². The van der Waals surface area contributed by atoms with Gasteiger partial charge in [-0.15, -0.1) is 12.4 Å². The molecule has 1 aliphatic carbocycles. The molecule has 3 N–H and O–H groups in total. The van der Waals surface area contributed by atoms with E-state index in [4.69, 9.17) is 5.73 Å². The number of alkyl halides is 3. The highest BCUT2D eigenvalue weighted by Gasteiger charge is 2.44. The summed E-state index contributed by atoms with van der Waals surface area (Å²) < 4.78 is 38.7. The van der Waals surface area contributed by atoms with E-state index in [1.54, 1.807) is 13.0 Å². The van der Waals surface area contributed by atoms with Crippen molar-refractivity contribution in [3.8, 4) is 0 Å². The molecule has 21 heavy (non-hydrogen) atoms. The molecule has 118 valence electrons. The summed E-state index contributed by atoms with van der Waals surface area (Å²) in [4.78, 5) is 11.5. The number of nitrogens with one attached hydrogen (secondary N) is 1. The number of hydrogen-bond acceptors (Lipinski definition) is 2. The van der Waals surface area contributed by atoms with Crippen LogP contribution in [0.3, 0.4) is 0 Å². The molecule has 1 aliphatic rings. The zero-order chi connectivity index (χ0) is 14.9. The number of carbonyl (C=O) groups excluding carboxylic acids is 1. The Labute approximate surface area is 127 Å². The monoisotopic (exact) mass is 322 g/mol. The van der Waals surface area contributed by atoms with Gasteiger partial charge in [-0.1, -0.05) is 18.2 Å². The summed E-state index contributed by atoms with van der Waals surface area (Å²) >= 11 is 0. The summed E-state index contributed by atoms with van der Waals surface area (Å²) in [6, 6.07) is 5.04. The number of benzene rings is 1. The van der Waals surface area contributed by atoms with Gasteiger partial charge in [0.25, 0.3) is 0 Å². The Balaban J connectivity index is 0.00000220. The van der Waals surface area contributed by atoms with Gasteiger partial charge in [0.1, 0.15) is 0 Å². The maximum Gasteiger partial charge on any atom is 0.416 e. The SMILES string of the molecule is CC(N)CC(=O)NC1CC1c1ccccc1C(F)(F)F.Cl. The van der Waals surface area contributed by atoms with Crippen molar-refractivity contribution < 1.29 is 18.0 Å². The molecule has 1 aromatic carbocycles. The summed E-state index contributed by atoms with van der Waals surface area (Å²) in [5.74, 6) is -0.471. The molecule has 0 aliphatic heterocycles. The summed E-state index contributed by atoms with van der Waals surface area (Å²) in [6.07, 6.45) is -3.64. The minimum Gasteiger partial charge on any atom is -0.353 e. The van der Waals surface area contributed by atoms with Crippen molar-refractivity contribution >= 4 is 18.3 Å². The van der Waals surface area contributed by atoms with Crippen LogP contribution in [-0.2, 0) is 11.0 Å². The molecular weight excluding hydrogens is 305 g/mol. The summed E-state index contributed by atoms with van der Waals surface area (Å²) in [6.45, 7) is 1.71. The quantitative estimate of drug-likeness (QED) is 0.895. The Bertz CT molecular complexity index is 505. The van der Waals surface area contributed by atoms with Gasteiger partial charge in [-0.25, -0.2) is 0 Å². The Morgan fingerprint density at radius 2 is 2.05 bits per heavy atom. The summed E-state index contributed by atoms with van der Waals surface area (Å²) in [7, 11) is 0. The van der Waals surface area contributed by atoms with Gasteiger partial charge in [0, 0.05) is 24.4 Å². The second kappa shape index (κ2) is 6.66. The molecule has 1 amide bonds. The van der Waals surface area contributed by atoms with E-state index in [1.807, 2.05) is 0 Å². The van der Waals surface area contributed by atoms with Gasteiger partial charge in [0.2, 0.25) is 5.91 Å². The zero-order valence-corrected chi connectivity index (χ0v) is 12.3. The third kappa shape index (κ3) is 4.61. The summed E-state index contributed by atoms with van der Waals surface area (Å²) in [5.41, 5.74) is 5.15. The minimum atomic E-state index is -4.36. The van der Waals surface area contributed by atoms with E-state index in [0.29, 0.717) is 6.42 Å². The van der Waals surface area contributed by atoms with Crippen molar-refractivity contribution in [1.82, 2.24) is 5.32 Å². The number of halogens is 4. The van der Waals surface area contributed by atoms with E-state index in [2.05, 4.69) is 5.32 Å². The number of hydrogen-bond donors (Lipinski definition) is 2. The fourth-order valence-electron chi connectivity index (χ4n) is 2.33. The lowest BCUT2D eigenvalue weighted by Gasteiger charge is -2.13. The van der Waals surface area contributed by atoms with Crippen molar-refractivity contribution in [3.63, 3.8) is 0 Å². The molecular formula is C14H18ClF3N2O. The highest BCUT2D eigenvalue weighted by atomic mass is 35.5. The van der Waals surface area contributed by atoms with Gasteiger partial charge in [0.05, 0.1) is 5.56 Å². The third-order valence-corrected chi connectivity index (χ3v) is 3.31. The van der Waals surface area contributed by atoms with Crippen LogP contribution < -0.4 is 11.1 Å². The van der Waals surface area contributed by atoms with Crippen molar-refractivity contribution in [1.29, 1.82) is 0 Å². The van der Waals surface area contributed by atoms with Gasteiger partial charge in [-0.2, -0.15) is 13.2 Å². The summed E-state index contributed by atoms with van der Waals surface area (Å²) in [5, 5.41) is 2.73. The predicted octanol–water partition coefficient (Wildman–Crippen LogP) is 2.84. The Morgan fingerprint density at radius 3 is 2.62 bits per heavy atom. The second-order valence-corrected chi connectivity index (χ2v) is 5.28. The van der Waals surface area contributed by atoms with Crippen LogP contribution in [0.1, 0.15) is 36.8 Å². The molecule has 3 unspecified atom stereocenters. The van der Waals surface area contributed by atoms with Crippen molar-refractivity contribution in [2.24, 2.45) is 5.73 Å². The van der Waals surface area contributed by atoms with E-state index < -0.39 is 11.7 Å². The van der Waals surface area contributed by atoms with Gasteiger partial charge < -0.3 is 11.1 Å². The van der Waals surface area contributed by atoms with Gasteiger partial charge in [-0.05, 0) is 25.0 Å². The normalized spacial score (nSPS) is 22.1. The molecule has 0 radical (unpaired) electrons. The lowest BCUT2D eigenvalue weighted by Crippen LogP contribution is -2.32. The van der Waals surface area contributed by atoms with Crippen LogP contribution in [0.2, 0.25) is 0 Å². The smallest absolute Gasteiger partial charge is 0.353 e. The Hall–Kier alpha value is -1.27. The average molecular weight is 323 g/mol. The maximum atomic E-state index is 12.9. The minimum absolute atomic E-state index is 0. The number of carbonyl (C=O) groups is 1. The molecule has 1 fully saturated rings. The van der Waals surface area contributed by atoms with E-state index in [0.717, 1.165) is 6.07 Å². The van der Waals surface area contributed by atoms with E-state index in [-0.39, 0.29) is 48.3 Å². The highest BCUT2D eigenvalue weighted by molar-refractivity contribution is 5.85. The topological polar surface area (TPSA) is 55.1 Å². The molecule has 3 nitrogen and oxygen atoms in total. The first-order valence-corrected chi connectivity index (χ1v) is 6.50. The molecule has 1 saturated carbocycles. The average Bonchev–Trinajstić information content (AvgIpc) is 3.05. The molecule has 0 bridgehead atoms.